The van der Waals surface area contributed by atoms with Gasteiger partial charge >= 0.3 is 0 Å². The Kier molecular flexibility index (Phi) is 8.85. The van der Waals surface area contributed by atoms with Crippen molar-refractivity contribution in [2.75, 3.05) is 31.0 Å². The summed E-state index contributed by atoms with van der Waals surface area (Å²) in [7, 11) is 1.53. The minimum atomic E-state index is -0.535. The zero-order chi connectivity index (χ0) is 25.0. The molecule has 35 heavy (non-hydrogen) atoms. The number of nitrogens with zero attached hydrogens (tertiary/aromatic N) is 1. The predicted octanol–water partition coefficient (Wildman–Crippen LogP) is 4.66. The van der Waals surface area contributed by atoms with E-state index in [9.17, 15) is 14.9 Å². The van der Waals surface area contributed by atoms with Crippen LogP contribution in [0.3, 0.4) is 0 Å². The van der Waals surface area contributed by atoms with Crippen LogP contribution in [0.4, 0.5) is 11.4 Å². The largest absolute Gasteiger partial charge is 0.497 e. The number of anilines is 2. The van der Waals surface area contributed by atoms with Gasteiger partial charge in [0.15, 0.2) is 6.61 Å². The van der Waals surface area contributed by atoms with Crippen LogP contribution >= 0.6 is 0 Å². The summed E-state index contributed by atoms with van der Waals surface area (Å²) in [5, 5.41) is 14.8. The van der Waals surface area contributed by atoms with Crippen LogP contribution in [0.2, 0.25) is 0 Å². The summed E-state index contributed by atoms with van der Waals surface area (Å²) in [6.07, 6.45) is 1.47. The molecule has 3 aromatic rings. The van der Waals surface area contributed by atoms with Crippen molar-refractivity contribution in [1.29, 1.82) is 5.26 Å². The van der Waals surface area contributed by atoms with Gasteiger partial charge in [-0.2, -0.15) is 5.26 Å². The molecule has 0 aromatic heterocycles. The molecular weight excluding hydrogens is 446 g/mol. The van der Waals surface area contributed by atoms with E-state index in [1.807, 2.05) is 13.0 Å². The Hall–Kier alpha value is -4.77. The fraction of sp³-hybridized carbons (Fsp3) is 0.148. The molecule has 0 unspecified atom stereocenters. The Morgan fingerprint density at radius 2 is 1.57 bits per heavy atom. The van der Waals surface area contributed by atoms with E-state index in [1.165, 1.54) is 13.2 Å². The summed E-state index contributed by atoms with van der Waals surface area (Å²) in [6, 6.07) is 22.5. The minimum absolute atomic E-state index is 0.0591. The van der Waals surface area contributed by atoms with Crippen molar-refractivity contribution in [1.82, 2.24) is 0 Å². The van der Waals surface area contributed by atoms with Crippen molar-refractivity contribution in [2.45, 2.75) is 6.92 Å². The first-order valence-electron chi connectivity index (χ1n) is 10.8. The van der Waals surface area contributed by atoms with Crippen molar-refractivity contribution < 1.29 is 23.8 Å². The standard InChI is InChI=1S/C27H25N3O5/c1-3-34-23-13-9-21(10-14-23)29-26(31)18-35-24-11-7-19(8-12-24)15-20(17-28)27(32)30-22-5-4-6-25(16-22)33-2/h4-16H,3,18H2,1-2H3,(H,29,31)(H,30,32)/b20-15+. The van der Waals surface area contributed by atoms with Crippen LogP contribution in [0, 0.1) is 11.3 Å². The molecule has 0 atom stereocenters. The molecule has 0 saturated carbocycles. The number of nitrogens with one attached hydrogen (secondary N) is 2. The third kappa shape index (κ3) is 7.65. The van der Waals surface area contributed by atoms with Crippen LogP contribution in [0.25, 0.3) is 6.08 Å². The highest BCUT2D eigenvalue weighted by atomic mass is 16.5. The lowest BCUT2D eigenvalue weighted by molar-refractivity contribution is -0.118. The number of hydrogen-bond donors (Lipinski definition) is 2. The molecule has 2 amide bonds. The number of rotatable bonds is 10. The number of methoxy groups -OCH3 is 1. The summed E-state index contributed by atoms with van der Waals surface area (Å²) >= 11 is 0. The Morgan fingerprint density at radius 3 is 2.23 bits per heavy atom. The molecule has 0 heterocycles. The van der Waals surface area contributed by atoms with E-state index in [2.05, 4.69) is 10.6 Å². The second-order valence-electron chi connectivity index (χ2n) is 7.22. The molecule has 0 bridgehead atoms. The number of hydrogen-bond acceptors (Lipinski definition) is 6. The lowest BCUT2D eigenvalue weighted by Crippen LogP contribution is -2.20. The SMILES string of the molecule is CCOc1ccc(NC(=O)COc2ccc(/C=C(\C#N)C(=O)Nc3cccc(OC)c3)cc2)cc1. The number of carbonyl (C=O) groups excluding carboxylic acids is 2. The highest BCUT2D eigenvalue weighted by Gasteiger charge is 2.10. The lowest BCUT2D eigenvalue weighted by Gasteiger charge is -2.09. The van der Waals surface area contributed by atoms with Gasteiger partial charge in [-0.25, -0.2) is 0 Å². The van der Waals surface area contributed by atoms with Gasteiger partial charge in [-0.3, -0.25) is 9.59 Å². The van der Waals surface area contributed by atoms with Gasteiger partial charge in [-0.1, -0.05) is 18.2 Å². The third-order valence-corrected chi connectivity index (χ3v) is 4.70. The molecule has 0 radical (unpaired) electrons. The van der Waals surface area contributed by atoms with Gasteiger partial charge in [-0.05, 0) is 67.1 Å². The second kappa shape index (κ2) is 12.5. The summed E-state index contributed by atoms with van der Waals surface area (Å²) in [6.45, 7) is 2.30. The maximum absolute atomic E-state index is 12.5. The zero-order valence-corrected chi connectivity index (χ0v) is 19.4. The molecule has 2 N–H and O–H groups in total. The molecule has 0 spiro atoms. The Balaban J connectivity index is 1.54. The highest BCUT2D eigenvalue weighted by Crippen LogP contribution is 2.19. The van der Waals surface area contributed by atoms with Gasteiger partial charge in [0.05, 0.1) is 13.7 Å². The molecule has 0 aliphatic rings. The van der Waals surface area contributed by atoms with E-state index in [0.717, 1.165) is 5.75 Å². The van der Waals surface area contributed by atoms with E-state index >= 15 is 0 Å². The van der Waals surface area contributed by atoms with E-state index in [1.54, 1.807) is 72.8 Å². The van der Waals surface area contributed by atoms with Gasteiger partial charge in [-0.15, -0.1) is 0 Å². The first-order valence-corrected chi connectivity index (χ1v) is 10.8. The molecule has 3 rings (SSSR count). The fourth-order valence-electron chi connectivity index (χ4n) is 3.02. The topological polar surface area (TPSA) is 110 Å². The number of nitriles is 1. The summed E-state index contributed by atoms with van der Waals surface area (Å²) in [4.78, 5) is 24.6. The Bertz CT molecular complexity index is 1230. The van der Waals surface area contributed by atoms with Crippen LogP contribution in [0.5, 0.6) is 17.2 Å². The maximum atomic E-state index is 12.5. The number of carbonyl (C=O) groups is 2. The normalized spacial score (nSPS) is 10.6. The van der Waals surface area contributed by atoms with Crippen molar-refractivity contribution in [3.8, 4) is 23.3 Å². The predicted molar refractivity (Wildman–Crippen MR) is 133 cm³/mol. The smallest absolute Gasteiger partial charge is 0.266 e. The summed E-state index contributed by atoms with van der Waals surface area (Å²) in [5.74, 6) is 0.955. The van der Waals surface area contributed by atoms with E-state index in [-0.39, 0.29) is 18.1 Å². The van der Waals surface area contributed by atoms with Crippen LogP contribution < -0.4 is 24.8 Å². The average molecular weight is 472 g/mol. The van der Waals surface area contributed by atoms with Gasteiger partial charge in [0.2, 0.25) is 0 Å². The van der Waals surface area contributed by atoms with Crippen molar-refractivity contribution in [2.24, 2.45) is 0 Å². The van der Waals surface area contributed by atoms with Crippen molar-refractivity contribution >= 4 is 29.3 Å². The van der Waals surface area contributed by atoms with Gasteiger partial charge in [0.1, 0.15) is 28.9 Å². The average Bonchev–Trinajstić information content (AvgIpc) is 2.88. The van der Waals surface area contributed by atoms with Gasteiger partial charge in [0.25, 0.3) is 11.8 Å². The molecule has 0 fully saturated rings. The first kappa shape index (κ1) is 24.9. The monoisotopic (exact) mass is 471 g/mol. The van der Waals surface area contributed by atoms with Gasteiger partial charge in [0, 0.05) is 17.4 Å². The third-order valence-electron chi connectivity index (χ3n) is 4.70. The van der Waals surface area contributed by atoms with E-state index in [0.29, 0.717) is 35.0 Å². The van der Waals surface area contributed by atoms with Crippen LogP contribution in [-0.4, -0.2) is 32.1 Å². The molecule has 0 aliphatic carbocycles. The highest BCUT2D eigenvalue weighted by molar-refractivity contribution is 6.09. The number of amides is 2. The molecule has 0 saturated heterocycles. The van der Waals surface area contributed by atoms with Crippen LogP contribution in [0.15, 0.2) is 78.4 Å². The number of ether oxygens (including phenoxy) is 3. The molecule has 3 aromatic carbocycles. The quantitative estimate of drug-likeness (QED) is 0.329. The summed E-state index contributed by atoms with van der Waals surface area (Å²) in [5.41, 5.74) is 1.73. The molecule has 8 nitrogen and oxygen atoms in total. The van der Waals surface area contributed by atoms with Crippen molar-refractivity contribution in [3.63, 3.8) is 0 Å². The molecule has 8 heteroatoms. The maximum Gasteiger partial charge on any atom is 0.266 e. The van der Waals surface area contributed by atoms with E-state index < -0.39 is 5.91 Å². The fourth-order valence-corrected chi connectivity index (χ4v) is 3.02. The van der Waals surface area contributed by atoms with E-state index in [4.69, 9.17) is 14.2 Å². The molecular formula is C27H25N3O5. The van der Waals surface area contributed by atoms with Crippen molar-refractivity contribution in [3.05, 3.63) is 83.9 Å². The number of benzene rings is 3. The molecule has 178 valence electrons. The minimum Gasteiger partial charge on any atom is -0.497 e. The lowest BCUT2D eigenvalue weighted by atomic mass is 10.1. The molecule has 0 aliphatic heterocycles. The summed E-state index contributed by atoms with van der Waals surface area (Å²) < 4.78 is 16.0. The first-order chi connectivity index (χ1) is 17.0. The van der Waals surface area contributed by atoms with Gasteiger partial charge < -0.3 is 24.8 Å². The van der Waals surface area contributed by atoms with Crippen LogP contribution in [0.1, 0.15) is 12.5 Å². The van der Waals surface area contributed by atoms with Crippen LogP contribution in [-0.2, 0) is 9.59 Å². The Labute approximate surface area is 203 Å². The zero-order valence-electron chi connectivity index (χ0n) is 19.4. The Morgan fingerprint density at radius 1 is 0.886 bits per heavy atom. The second-order valence-corrected chi connectivity index (χ2v) is 7.22.